The van der Waals surface area contributed by atoms with Crippen molar-refractivity contribution in [3.63, 3.8) is 0 Å². The number of para-hydroxylation sites is 8. The molecule has 0 aliphatic rings. The lowest BCUT2D eigenvalue weighted by molar-refractivity contribution is 0.990. The highest BCUT2D eigenvalue weighted by Crippen LogP contribution is 2.41. The molecule has 9 aromatic carbocycles. The summed E-state index contributed by atoms with van der Waals surface area (Å²) >= 11 is 0. The maximum absolute atomic E-state index is 10.7. The van der Waals surface area contributed by atoms with Gasteiger partial charge in [-0.2, -0.15) is 0 Å². The zero-order valence-electron chi connectivity index (χ0n) is 37.2. The van der Waals surface area contributed by atoms with Gasteiger partial charge < -0.3 is 9.13 Å². The van der Waals surface area contributed by atoms with Gasteiger partial charge in [0.15, 0.2) is 5.82 Å². The minimum atomic E-state index is -0.0710. The first-order valence-electron chi connectivity index (χ1n) is 23.0. The van der Waals surface area contributed by atoms with Crippen molar-refractivity contribution in [2.45, 2.75) is 0 Å². The first kappa shape index (κ1) is 32.0. The van der Waals surface area contributed by atoms with Crippen LogP contribution in [-0.4, -0.2) is 28.2 Å². The number of hydrogen-bond donors (Lipinski definition) is 0. The largest absolute Gasteiger partial charge is 0.309 e. The van der Waals surface area contributed by atoms with E-state index >= 15 is 0 Å². The summed E-state index contributed by atoms with van der Waals surface area (Å²) in [6, 6.07) is 68.0. The van der Waals surface area contributed by atoms with E-state index in [1.807, 2.05) is 112 Å². The Hall–Kier alpha value is -8.74. The topological polar surface area (TPSA) is 45.5 Å². The van der Waals surface area contributed by atoms with E-state index < -0.39 is 0 Å². The smallest absolute Gasteiger partial charge is 0.166 e. The van der Waals surface area contributed by atoms with Gasteiger partial charge in [-0.15, -0.1) is 0 Å². The highest BCUT2D eigenvalue weighted by Gasteiger charge is 2.23. The van der Waals surface area contributed by atoms with Crippen LogP contribution in [0.4, 0.5) is 0 Å². The quantitative estimate of drug-likeness (QED) is 0.174. The Balaban J connectivity index is 1.19. The maximum Gasteiger partial charge on any atom is 0.166 e. The minimum absolute atomic E-state index is 0.0388. The number of aromatic nitrogens is 6. The van der Waals surface area contributed by atoms with Crippen LogP contribution in [0.5, 0.6) is 0 Å². The van der Waals surface area contributed by atoms with Crippen LogP contribution in [0.3, 0.4) is 0 Å². The molecule has 14 aromatic rings. The van der Waals surface area contributed by atoms with Gasteiger partial charge in [0.25, 0.3) is 0 Å². The van der Waals surface area contributed by atoms with Crippen molar-refractivity contribution in [3.05, 3.63) is 218 Å². The molecule has 5 heterocycles. The lowest BCUT2D eigenvalue weighted by atomic mass is 10.1. The van der Waals surface area contributed by atoms with E-state index in [0.29, 0.717) is 22.9 Å². The van der Waals surface area contributed by atoms with Crippen LogP contribution in [0.2, 0.25) is 0 Å². The van der Waals surface area contributed by atoms with Gasteiger partial charge in [0.2, 0.25) is 0 Å². The van der Waals surface area contributed by atoms with Crippen LogP contribution in [0.15, 0.2) is 218 Å². The molecule has 0 spiro atoms. The fourth-order valence-electron chi connectivity index (χ4n) is 10.3. The summed E-state index contributed by atoms with van der Waals surface area (Å²) in [5.41, 5.74) is 8.27. The summed E-state index contributed by atoms with van der Waals surface area (Å²) < 4.78 is 39.5. The maximum atomic E-state index is 10.7. The number of rotatable bonds is 5. The molecule has 0 unspecified atom stereocenters. The summed E-state index contributed by atoms with van der Waals surface area (Å²) in [6.07, 6.45) is 0. The molecule has 64 heavy (non-hydrogen) atoms. The average Bonchev–Trinajstić information content (AvgIpc) is 4.11. The number of fused-ring (bicyclic) bond motifs is 12. The Labute approximate surface area is 371 Å². The van der Waals surface area contributed by atoms with Crippen LogP contribution in [-0.2, 0) is 0 Å². The third-order valence-electron chi connectivity index (χ3n) is 12.9. The van der Waals surface area contributed by atoms with E-state index in [1.165, 1.54) is 0 Å². The summed E-state index contributed by atoms with van der Waals surface area (Å²) in [6.45, 7) is 0. The van der Waals surface area contributed by atoms with Crippen LogP contribution in [0, 0.1) is 0 Å². The van der Waals surface area contributed by atoms with E-state index in [9.17, 15) is 4.11 Å². The van der Waals surface area contributed by atoms with Gasteiger partial charge >= 0.3 is 0 Å². The second kappa shape index (κ2) is 13.4. The normalized spacial score (nSPS) is 12.7. The van der Waals surface area contributed by atoms with E-state index in [0.717, 1.165) is 87.2 Å². The molecule has 6 nitrogen and oxygen atoms in total. The minimum Gasteiger partial charge on any atom is -0.309 e. The average molecular weight is 820 g/mol. The summed E-state index contributed by atoms with van der Waals surface area (Å²) in [5, 5.41) is 8.34. The van der Waals surface area contributed by atoms with Crippen molar-refractivity contribution in [1.29, 1.82) is 0 Å². The second-order valence-electron chi connectivity index (χ2n) is 16.3. The Bertz CT molecular complexity index is 4050. The monoisotopic (exact) mass is 819 g/mol. The summed E-state index contributed by atoms with van der Waals surface area (Å²) in [7, 11) is 0. The second-order valence-corrected chi connectivity index (χ2v) is 16.3. The first-order chi connectivity index (χ1) is 33.0. The molecular formula is C58H36N6. The molecule has 0 radical (unpaired) electrons. The van der Waals surface area contributed by atoms with Crippen molar-refractivity contribution < 1.29 is 4.11 Å². The Morgan fingerprint density at radius 3 is 0.922 bits per heavy atom. The molecule has 0 saturated heterocycles. The third kappa shape index (κ3) is 4.90. The van der Waals surface area contributed by atoms with E-state index in [-0.39, 0.29) is 29.6 Å². The lowest BCUT2D eigenvalue weighted by Crippen LogP contribution is -2.08. The molecular weight excluding hydrogens is 781 g/mol. The van der Waals surface area contributed by atoms with E-state index in [4.69, 9.17) is 9.97 Å². The van der Waals surface area contributed by atoms with E-state index in [2.05, 4.69) is 106 Å². The van der Waals surface area contributed by atoms with Crippen LogP contribution in [0.25, 0.3) is 122 Å². The van der Waals surface area contributed by atoms with Crippen LogP contribution < -0.4 is 0 Å². The van der Waals surface area contributed by atoms with Crippen molar-refractivity contribution in [2.24, 2.45) is 0 Å². The van der Waals surface area contributed by atoms with Gasteiger partial charge in [-0.25, -0.2) is 9.97 Å². The molecule has 0 saturated carbocycles. The van der Waals surface area contributed by atoms with Crippen molar-refractivity contribution >= 4 is 87.2 Å². The third-order valence-corrected chi connectivity index (χ3v) is 12.9. The fraction of sp³-hybridized carbons (Fsp3) is 0. The Kier molecular flexibility index (Phi) is 6.70. The standard InChI is InChI=1S/C58H36N6/c1-9-25-47-38(17-1)39-18-2-10-26-48(39)61(47)37-33-34-55(62-49-27-11-3-19-40(49)41-20-4-12-28-50(41)62)46(35-37)58-59-56(63-51-29-13-5-21-42(51)43-22-6-14-30-52(43)63)36-57(60-58)64-53-31-15-7-23-44(53)45-24-8-16-32-54(45)64/h1-36H/i33D,34D,35D. The van der Waals surface area contributed by atoms with Crippen molar-refractivity contribution in [1.82, 2.24) is 28.2 Å². The van der Waals surface area contributed by atoms with Gasteiger partial charge in [-0.3, -0.25) is 9.13 Å². The predicted molar refractivity (Wildman–Crippen MR) is 265 cm³/mol. The predicted octanol–water partition coefficient (Wildman–Crippen LogP) is 14.5. The molecule has 0 aliphatic carbocycles. The lowest BCUT2D eigenvalue weighted by Gasteiger charge is -2.18. The van der Waals surface area contributed by atoms with Gasteiger partial charge in [0.05, 0.1) is 53.9 Å². The molecule has 0 aliphatic heterocycles. The van der Waals surface area contributed by atoms with Gasteiger partial charge in [0.1, 0.15) is 11.6 Å². The molecule has 14 rings (SSSR count). The molecule has 0 amide bonds. The zero-order chi connectivity index (χ0) is 44.5. The van der Waals surface area contributed by atoms with E-state index in [1.54, 1.807) is 0 Å². The molecule has 0 bridgehead atoms. The highest BCUT2D eigenvalue weighted by molar-refractivity contribution is 6.12. The first-order valence-corrected chi connectivity index (χ1v) is 21.5. The van der Waals surface area contributed by atoms with Gasteiger partial charge in [-0.05, 0) is 66.7 Å². The molecule has 298 valence electrons. The molecule has 6 heteroatoms. The SMILES string of the molecule is [2H]c1c([2H])c(-n2c3ccccc3c3ccccc32)c(-c2nc(-n3c4ccccc4c4ccccc43)cc(-n3c4ccccc4c4ccccc43)n2)c([2H])c1-n1c2ccccc2c2ccccc21. The van der Waals surface area contributed by atoms with Crippen molar-refractivity contribution in [3.8, 4) is 34.4 Å². The van der Waals surface area contributed by atoms with Crippen molar-refractivity contribution in [2.75, 3.05) is 0 Å². The molecule has 0 fully saturated rings. The number of nitrogens with zero attached hydrogens (tertiary/aromatic N) is 6. The number of benzene rings is 9. The summed E-state index contributed by atoms with van der Waals surface area (Å²) in [4.78, 5) is 11.2. The van der Waals surface area contributed by atoms with Gasteiger partial charge in [0, 0.05) is 60.4 Å². The van der Waals surface area contributed by atoms with Gasteiger partial charge in [-0.1, -0.05) is 146 Å². The molecule has 0 N–H and O–H groups in total. The Morgan fingerprint density at radius 2 is 0.594 bits per heavy atom. The van der Waals surface area contributed by atoms with Crippen LogP contribution >= 0.6 is 0 Å². The molecule has 5 aromatic heterocycles. The molecule has 0 atom stereocenters. The number of hydrogen-bond acceptors (Lipinski definition) is 2. The summed E-state index contributed by atoms with van der Waals surface area (Å²) in [5.74, 6) is 1.46. The zero-order valence-corrected chi connectivity index (χ0v) is 34.2. The Morgan fingerprint density at radius 1 is 0.312 bits per heavy atom. The fourth-order valence-corrected chi connectivity index (χ4v) is 10.3. The highest BCUT2D eigenvalue weighted by atomic mass is 15.2. The van der Waals surface area contributed by atoms with Crippen LogP contribution in [0.1, 0.15) is 4.11 Å².